The topological polar surface area (TPSA) is 85.8 Å². The molecule has 1 aliphatic rings. The largest absolute Gasteiger partial charge is 0.497 e. The van der Waals surface area contributed by atoms with Crippen LogP contribution < -0.4 is 24.4 Å². The Labute approximate surface area is 204 Å². The maximum Gasteiger partial charge on any atom is 0.258 e. The first kappa shape index (κ1) is 23.9. The first-order chi connectivity index (χ1) is 16.5. The van der Waals surface area contributed by atoms with E-state index in [1.807, 2.05) is 31.2 Å². The van der Waals surface area contributed by atoms with Gasteiger partial charge in [0.05, 0.1) is 42.8 Å². The summed E-state index contributed by atoms with van der Waals surface area (Å²) >= 11 is 6.40. The number of benzene rings is 2. The highest BCUT2D eigenvalue weighted by Crippen LogP contribution is 2.38. The number of aromatic nitrogens is 2. The minimum Gasteiger partial charge on any atom is -0.497 e. The number of hydrogen-bond donors (Lipinski definition) is 1. The van der Waals surface area contributed by atoms with E-state index in [1.54, 1.807) is 19.2 Å². The molecule has 2 aromatic carbocycles. The molecule has 0 radical (unpaired) electrons. The van der Waals surface area contributed by atoms with Crippen LogP contribution in [0.1, 0.15) is 26.2 Å². The average molecular weight is 485 g/mol. The Morgan fingerprint density at radius 2 is 1.94 bits per heavy atom. The summed E-state index contributed by atoms with van der Waals surface area (Å²) < 4.78 is 16.6. The van der Waals surface area contributed by atoms with Gasteiger partial charge in [0.15, 0.2) is 5.82 Å². The molecule has 2 heterocycles. The van der Waals surface area contributed by atoms with Crippen molar-refractivity contribution in [1.82, 2.24) is 9.97 Å². The number of fused-ring (bicyclic) bond motifs is 1. The first-order valence-electron chi connectivity index (χ1n) is 11.4. The maximum atomic E-state index is 13.2. The van der Waals surface area contributed by atoms with E-state index < -0.39 is 0 Å². The van der Waals surface area contributed by atoms with Gasteiger partial charge in [0.2, 0.25) is 5.91 Å². The van der Waals surface area contributed by atoms with E-state index in [-0.39, 0.29) is 11.8 Å². The Bertz CT molecular complexity index is 1170. The van der Waals surface area contributed by atoms with Gasteiger partial charge in [-0.2, -0.15) is 0 Å². The van der Waals surface area contributed by atoms with Crippen molar-refractivity contribution in [3.8, 4) is 17.4 Å². The van der Waals surface area contributed by atoms with Gasteiger partial charge in [-0.25, -0.2) is 9.97 Å². The summed E-state index contributed by atoms with van der Waals surface area (Å²) in [6, 6.07) is 11.1. The summed E-state index contributed by atoms with van der Waals surface area (Å²) in [4.78, 5) is 24.9. The quantitative estimate of drug-likeness (QED) is 0.484. The van der Waals surface area contributed by atoms with E-state index in [4.69, 9.17) is 35.8 Å². The molecule has 180 valence electrons. The lowest BCUT2D eigenvalue weighted by atomic mass is 9.97. The van der Waals surface area contributed by atoms with Gasteiger partial charge in [-0.15, -0.1) is 0 Å². The number of piperidine rings is 1. The van der Waals surface area contributed by atoms with Crippen LogP contribution in [0.4, 0.5) is 11.5 Å². The fraction of sp³-hybridized carbons (Fsp3) is 0.400. The van der Waals surface area contributed by atoms with Gasteiger partial charge < -0.3 is 24.4 Å². The predicted molar refractivity (Wildman–Crippen MR) is 133 cm³/mol. The Morgan fingerprint density at radius 1 is 1.18 bits per heavy atom. The number of methoxy groups -OCH3 is 2. The Morgan fingerprint density at radius 3 is 2.65 bits per heavy atom. The van der Waals surface area contributed by atoms with Crippen molar-refractivity contribution in [3.63, 3.8) is 0 Å². The summed E-state index contributed by atoms with van der Waals surface area (Å²) in [6.07, 6.45) is 2.46. The van der Waals surface area contributed by atoms with E-state index in [2.05, 4.69) is 10.2 Å². The number of ether oxygens (including phenoxy) is 3. The molecular weight excluding hydrogens is 456 g/mol. The van der Waals surface area contributed by atoms with Crippen molar-refractivity contribution in [2.45, 2.75) is 26.2 Å². The number of anilines is 2. The third kappa shape index (κ3) is 5.12. The summed E-state index contributed by atoms with van der Waals surface area (Å²) in [5, 5.41) is 3.31. The number of nitrogens with zero attached hydrogens (tertiary/aromatic N) is 3. The SMILES string of the molecule is CCCOc1nc2ccccc2nc1N1CCC[C@@H](C(=O)Nc2c(Cl)cc(OC)cc2OC)C1. The number of carbonyl (C=O) groups excluding carboxylic acids is 1. The van der Waals surface area contributed by atoms with E-state index in [1.165, 1.54) is 7.11 Å². The Balaban J connectivity index is 1.57. The highest BCUT2D eigenvalue weighted by Gasteiger charge is 2.30. The summed E-state index contributed by atoms with van der Waals surface area (Å²) in [6.45, 7) is 3.87. The monoisotopic (exact) mass is 484 g/mol. The molecule has 1 saturated heterocycles. The molecule has 1 aliphatic heterocycles. The number of halogens is 1. The zero-order valence-corrected chi connectivity index (χ0v) is 20.4. The van der Waals surface area contributed by atoms with Crippen molar-refractivity contribution < 1.29 is 19.0 Å². The van der Waals surface area contributed by atoms with Crippen LogP contribution in [-0.2, 0) is 4.79 Å². The van der Waals surface area contributed by atoms with Crippen LogP contribution in [0.2, 0.25) is 5.02 Å². The molecule has 0 bridgehead atoms. The van der Waals surface area contributed by atoms with E-state index in [0.717, 1.165) is 36.8 Å². The fourth-order valence-corrected chi connectivity index (χ4v) is 4.29. The highest BCUT2D eigenvalue weighted by molar-refractivity contribution is 6.34. The molecule has 0 unspecified atom stereocenters. The summed E-state index contributed by atoms with van der Waals surface area (Å²) in [5.74, 6) is 1.79. The molecule has 0 saturated carbocycles. The normalized spacial score (nSPS) is 15.8. The third-order valence-corrected chi connectivity index (χ3v) is 6.09. The standard InChI is InChI=1S/C25H29ClN4O4/c1-4-12-34-25-23(27-19-9-5-6-10-20(19)28-25)30-11-7-8-16(15-30)24(31)29-22-18(26)13-17(32-2)14-21(22)33-3/h5-6,9-10,13-14,16H,4,7-8,11-12,15H2,1-3H3,(H,29,31)/t16-/m1/s1. The molecule has 8 nitrogen and oxygen atoms in total. The first-order valence-corrected chi connectivity index (χ1v) is 11.8. The molecule has 34 heavy (non-hydrogen) atoms. The maximum absolute atomic E-state index is 13.2. The highest BCUT2D eigenvalue weighted by atomic mass is 35.5. The van der Waals surface area contributed by atoms with Crippen molar-refractivity contribution in [1.29, 1.82) is 0 Å². The van der Waals surface area contributed by atoms with E-state index >= 15 is 0 Å². The van der Waals surface area contributed by atoms with Gasteiger partial charge in [-0.1, -0.05) is 30.7 Å². The van der Waals surface area contributed by atoms with Crippen LogP contribution >= 0.6 is 11.6 Å². The molecule has 3 aromatic rings. The second kappa shape index (κ2) is 10.8. The van der Waals surface area contributed by atoms with Gasteiger partial charge in [-0.3, -0.25) is 4.79 Å². The summed E-state index contributed by atoms with van der Waals surface area (Å²) in [7, 11) is 3.08. The number of amides is 1. The molecule has 1 fully saturated rings. The lowest BCUT2D eigenvalue weighted by Gasteiger charge is -2.33. The number of rotatable bonds is 8. The van der Waals surface area contributed by atoms with Crippen molar-refractivity contribution in [2.75, 3.05) is 44.1 Å². The van der Waals surface area contributed by atoms with Crippen LogP contribution in [0, 0.1) is 5.92 Å². The molecule has 1 amide bonds. The van der Waals surface area contributed by atoms with Gasteiger partial charge in [0.25, 0.3) is 5.88 Å². The number of para-hydroxylation sites is 2. The van der Waals surface area contributed by atoms with Crippen LogP contribution in [0.15, 0.2) is 36.4 Å². The van der Waals surface area contributed by atoms with Crippen molar-refractivity contribution in [3.05, 3.63) is 41.4 Å². The fourth-order valence-electron chi connectivity index (χ4n) is 4.04. The van der Waals surface area contributed by atoms with Gasteiger partial charge >= 0.3 is 0 Å². The second-order valence-corrected chi connectivity index (χ2v) is 8.56. The zero-order valence-electron chi connectivity index (χ0n) is 19.6. The van der Waals surface area contributed by atoms with Gasteiger partial charge in [0, 0.05) is 25.2 Å². The minimum absolute atomic E-state index is 0.125. The Hall–Kier alpha value is -3.26. The Kier molecular flexibility index (Phi) is 7.57. The van der Waals surface area contributed by atoms with Gasteiger partial charge in [-0.05, 0) is 31.4 Å². The zero-order chi connectivity index (χ0) is 24.1. The van der Waals surface area contributed by atoms with Crippen molar-refractivity contribution >= 4 is 40.0 Å². The number of hydrogen-bond acceptors (Lipinski definition) is 7. The van der Waals surface area contributed by atoms with Crippen LogP contribution in [0.25, 0.3) is 11.0 Å². The second-order valence-electron chi connectivity index (χ2n) is 8.15. The molecule has 1 aromatic heterocycles. The van der Waals surface area contributed by atoms with Crippen LogP contribution in [0.5, 0.6) is 17.4 Å². The van der Waals surface area contributed by atoms with E-state index in [9.17, 15) is 4.79 Å². The molecule has 1 N–H and O–H groups in total. The average Bonchev–Trinajstić information content (AvgIpc) is 2.87. The number of nitrogens with one attached hydrogen (secondary N) is 1. The van der Waals surface area contributed by atoms with E-state index in [0.29, 0.717) is 47.1 Å². The summed E-state index contributed by atoms with van der Waals surface area (Å²) in [5.41, 5.74) is 2.01. The third-order valence-electron chi connectivity index (χ3n) is 5.79. The minimum atomic E-state index is -0.260. The van der Waals surface area contributed by atoms with Crippen LogP contribution in [-0.4, -0.2) is 49.8 Å². The molecule has 4 rings (SSSR count). The molecule has 9 heteroatoms. The molecular formula is C25H29ClN4O4. The predicted octanol–water partition coefficient (Wildman–Crippen LogP) is 4.94. The molecule has 1 atom stereocenters. The number of carbonyl (C=O) groups is 1. The molecule has 0 spiro atoms. The smallest absolute Gasteiger partial charge is 0.258 e. The molecule has 0 aliphatic carbocycles. The van der Waals surface area contributed by atoms with Crippen LogP contribution in [0.3, 0.4) is 0 Å². The van der Waals surface area contributed by atoms with Crippen molar-refractivity contribution in [2.24, 2.45) is 5.92 Å². The lowest BCUT2D eigenvalue weighted by Crippen LogP contribution is -2.41. The van der Waals surface area contributed by atoms with Gasteiger partial charge in [0.1, 0.15) is 17.2 Å². The lowest BCUT2D eigenvalue weighted by molar-refractivity contribution is -0.120.